The second-order valence-corrected chi connectivity index (χ2v) is 8.06. The molecule has 2 aromatic rings. The average molecular weight is 345 g/mol. The average Bonchev–Trinajstić information content (AvgIpc) is 3.12. The van der Waals surface area contributed by atoms with Gasteiger partial charge in [0.1, 0.15) is 6.04 Å². The van der Waals surface area contributed by atoms with Gasteiger partial charge in [0.15, 0.2) is 5.82 Å². The molecule has 1 aliphatic heterocycles. The second-order valence-electron chi connectivity index (χ2n) is 6.29. The first-order valence-corrected chi connectivity index (χ1v) is 9.72. The highest BCUT2D eigenvalue weighted by Gasteiger charge is 2.38. The normalized spacial score (nSPS) is 22.4. The highest BCUT2D eigenvalue weighted by molar-refractivity contribution is 7.92. The van der Waals surface area contributed by atoms with Crippen LogP contribution in [0, 0.1) is 0 Å². The maximum absolute atomic E-state index is 12.7. The van der Waals surface area contributed by atoms with Crippen molar-refractivity contribution in [1.29, 1.82) is 0 Å². The third-order valence-corrected chi connectivity index (χ3v) is 6.02. The Morgan fingerprint density at radius 2 is 1.96 bits per heavy atom. The number of nitrogens with zero attached hydrogens (tertiary/aromatic N) is 3. The van der Waals surface area contributed by atoms with Crippen LogP contribution >= 0.6 is 0 Å². The number of hydrogen-bond donors (Lipinski definition) is 0. The van der Waals surface area contributed by atoms with Crippen molar-refractivity contribution < 1.29 is 12.9 Å². The number of aromatic nitrogens is 2. The first-order chi connectivity index (χ1) is 11.6. The van der Waals surface area contributed by atoms with E-state index in [1.54, 1.807) is 6.08 Å². The molecule has 1 unspecified atom stereocenters. The van der Waals surface area contributed by atoms with E-state index in [-0.39, 0.29) is 6.04 Å². The van der Waals surface area contributed by atoms with E-state index in [1.807, 2.05) is 30.3 Å². The lowest BCUT2D eigenvalue weighted by Gasteiger charge is -2.19. The molecule has 1 aromatic carbocycles. The van der Waals surface area contributed by atoms with E-state index in [9.17, 15) is 8.42 Å². The van der Waals surface area contributed by atoms with Gasteiger partial charge in [0.05, 0.1) is 0 Å². The highest BCUT2D eigenvalue weighted by atomic mass is 32.2. The van der Waals surface area contributed by atoms with Crippen molar-refractivity contribution in [3.63, 3.8) is 0 Å². The molecule has 0 amide bonds. The number of hydrogen-bond acceptors (Lipinski definition) is 5. The fourth-order valence-corrected chi connectivity index (χ4v) is 4.41. The lowest BCUT2D eigenvalue weighted by Crippen LogP contribution is -2.29. The predicted octanol–water partition coefficient (Wildman–Crippen LogP) is 3.08. The maximum Gasteiger partial charge on any atom is 0.245 e. The minimum Gasteiger partial charge on any atom is -0.338 e. The molecule has 7 heteroatoms. The van der Waals surface area contributed by atoms with E-state index in [0.717, 1.165) is 24.8 Å². The van der Waals surface area contributed by atoms with E-state index in [0.29, 0.717) is 30.6 Å². The molecule has 6 nitrogen and oxygen atoms in total. The summed E-state index contributed by atoms with van der Waals surface area (Å²) >= 11 is 0. The molecule has 126 valence electrons. The molecule has 0 bridgehead atoms. The Hall–Kier alpha value is -1.99. The molecule has 0 N–H and O–H groups in total. The first kappa shape index (κ1) is 15.5. The summed E-state index contributed by atoms with van der Waals surface area (Å²) in [4.78, 5) is 4.43. The van der Waals surface area contributed by atoms with Gasteiger partial charge < -0.3 is 4.52 Å². The quantitative estimate of drug-likeness (QED) is 0.832. The standard InChI is InChI=1S/C17H19N3O3S/c21-24(22,12-10-13-5-2-1-3-6-13)20-11-4-7-15(20)17-18-16(19-23-17)14-8-9-14/h1-3,5-6,10,12,14-15H,4,7-9,11H2/b12-10+. The molecule has 2 fully saturated rings. The fourth-order valence-electron chi connectivity index (χ4n) is 2.99. The predicted molar refractivity (Wildman–Crippen MR) is 89.3 cm³/mol. The summed E-state index contributed by atoms with van der Waals surface area (Å²) in [6.45, 7) is 0.479. The summed E-state index contributed by atoms with van der Waals surface area (Å²) in [6, 6.07) is 9.04. The van der Waals surface area contributed by atoms with Crippen LogP contribution in [0.3, 0.4) is 0 Å². The van der Waals surface area contributed by atoms with Gasteiger partial charge in [-0.25, -0.2) is 8.42 Å². The number of sulfonamides is 1. The van der Waals surface area contributed by atoms with Crippen molar-refractivity contribution >= 4 is 16.1 Å². The molecular formula is C17H19N3O3S. The summed E-state index contributed by atoms with van der Waals surface area (Å²) in [5.41, 5.74) is 0.852. The smallest absolute Gasteiger partial charge is 0.245 e. The van der Waals surface area contributed by atoms with Crippen LogP contribution in [0.2, 0.25) is 0 Å². The van der Waals surface area contributed by atoms with Gasteiger partial charge in [0.2, 0.25) is 15.9 Å². The molecule has 1 saturated heterocycles. The van der Waals surface area contributed by atoms with Crippen LogP contribution in [0.5, 0.6) is 0 Å². The molecule has 1 aliphatic carbocycles. The SMILES string of the molecule is O=S(=O)(/C=C/c1ccccc1)N1CCCC1c1nc(C2CC2)no1. The summed E-state index contributed by atoms with van der Waals surface area (Å²) in [5, 5.41) is 5.27. The van der Waals surface area contributed by atoms with Crippen molar-refractivity contribution in [3.8, 4) is 0 Å². The largest absolute Gasteiger partial charge is 0.338 e. The molecule has 2 heterocycles. The molecule has 1 saturated carbocycles. The second kappa shape index (κ2) is 6.14. The zero-order valence-electron chi connectivity index (χ0n) is 13.2. The van der Waals surface area contributed by atoms with Crippen molar-refractivity contribution in [2.24, 2.45) is 0 Å². The summed E-state index contributed by atoms with van der Waals surface area (Å²) in [6.07, 6.45) is 5.31. The number of rotatable bonds is 5. The minimum atomic E-state index is -3.53. The Morgan fingerprint density at radius 3 is 2.71 bits per heavy atom. The highest BCUT2D eigenvalue weighted by Crippen LogP contribution is 2.40. The minimum absolute atomic E-state index is 0.351. The van der Waals surface area contributed by atoms with Crippen LogP contribution in [0.15, 0.2) is 40.3 Å². The van der Waals surface area contributed by atoms with Crippen LogP contribution in [-0.4, -0.2) is 29.4 Å². The first-order valence-electron chi connectivity index (χ1n) is 8.22. The van der Waals surface area contributed by atoms with Crippen LogP contribution < -0.4 is 0 Å². The Morgan fingerprint density at radius 1 is 1.17 bits per heavy atom. The van der Waals surface area contributed by atoms with Gasteiger partial charge >= 0.3 is 0 Å². The lowest BCUT2D eigenvalue weighted by atomic mass is 10.2. The summed E-state index contributed by atoms with van der Waals surface area (Å²) in [5.74, 6) is 1.53. The van der Waals surface area contributed by atoms with E-state index >= 15 is 0 Å². The van der Waals surface area contributed by atoms with E-state index in [4.69, 9.17) is 4.52 Å². The van der Waals surface area contributed by atoms with Gasteiger partial charge in [-0.3, -0.25) is 0 Å². The van der Waals surface area contributed by atoms with Gasteiger partial charge in [-0.1, -0.05) is 35.5 Å². The van der Waals surface area contributed by atoms with Gasteiger partial charge in [0.25, 0.3) is 0 Å². The molecule has 1 atom stereocenters. The summed E-state index contributed by atoms with van der Waals surface area (Å²) < 4.78 is 32.2. The Bertz CT molecular complexity index is 841. The molecule has 1 aromatic heterocycles. The zero-order chi connectivity index (χ0) is 16.6. The monoisotopic (exact) mass is 345 g/mol. The Labute approximate surface area is 141 Å². The summed E-state index contributed by atoms with van der Waals surface area (Å²) in [7, 11) is -3.53. The van der Waals surface area contributed by atoms with Gasteiger partial charge in [-0.05, 0) is 37.3 Å². The van der Waals surface area contributed by atoms with Crippen LogP contribution in [0.25, 0.3) is 6.08 Å². The van der Waals surface area contributed by atoms with E-state index in [2.05, 4.69) is 10.1 Å². The van der Waals surface area contributed by atoms with Crippen molar-refractivity contribution in [2.45, 2.75) is 37.6 Å². The Balaban J connectivity index is 1.55. The fraction of sp³-hybridized carbons (Fsp3) is 0.412. The van der Waals surface area contributed by atoms with Crippen LogP contribution in [-0.2, 0) is 10.0 Å². The van der Waals surface area contributed by atoms with Crippen LogP contribution in [0.4, 0.5) is 0 Å². The zero-order valence-corrected chi connectivity index (χ0v) is 14.0. The van der Waals surface area contributed by atoms with Gasteiger partial charge in [0, 0.05) is 17.9 Å². The van der Waals surface area contributed by atoms with Gasteiger partial charge in [-0.2, -0.15) is 9.29 Å². The van der Waals surface area contributed by atoms with Crippen molar-refractivity contribution in [2.75, 3.05) is 6.54 Å². The number of benzene rings is 1. The van der Waals surface area contributed by atoms with Gasteiger partial charge in [-0.15, -0.1) is 0 Å². The molecule has 24 heavy (non-hydrogen) atoms. The Kier molecular flexibility index (Phi) is 3.97. The van der Waals surface area contributed by atoms with Crippen molar-refractivity contribution in [3.05, 3.63) is 53.0 Å². The molecule has 4 rings (SSSR count). The molecule has 2 aliphatic rings. The lowest BCUT2D eigenvalue weighted by molar-refractivity contribution is 0.291. The molecular weight excluding hydrogens is 326 g/mol. The third-order valence-electron chi connectivity index (χ3n) is 4.45. The van der Waals surface area contributed by atoms with Crippen LogP contribution in [0.1, 0.15) is 54.9 Å². The molecule has 0 radical (unpaired) electrons. The maximum atomic E-state index is 12.7. The van der Waals surface area contributed by atoms with E-state index in [1.165, 1.54) is 9.71 Å². The molecule has 0 spiro atoms. The van der Waals surface area contributed by atoms with Crippen molar-refractivity contribution in [1.82, 2.24) is 14.4 Å². The van der Waals surface area contributed by atoms with E-state index < -0.39 is 10.0 Å². The third kappa shape index (κ3) is 3.14. The topological polar surface area (TPSA) is 76.3 Å².